The normalized spacial score (nSPS) is 14.0. The number of hydrogen-bond donors (Lipinski definition) is 4. The van der Waals surface area contributed by atoms with Crippen LogP contribution in [-0.2, 0) is 4.79 Å². The quantitative estimate of drug-likeness (QED) is 0.550. The fraction of sp³-hybridized carbons (Fsp3) is 0.238. The molecule has 2 aromatic rings. The van der Waals surface area contributed by atoms with Gasteiger partial charge in [-0.2, -0.15) is 0 Å². The molecule has 0 atom stereocenters. The van der Waals surface area contributed by atoms with E-state index in [0.29, 0.717) is 24.2 Å². The van der Waals surface area contributed by atoms with Crippen LogP contribution in [0, 0.1) is 5.41 Å². The highest BCUT2D eigenvalue weighted by Crippen LogP contribution is 2.18. The molecule has 1 aromatic carbocycles. The molecule has 0 aliphatic carbocycles. The third-order valence-electron chi connectivity index (χ3n) is 4.94. The van der Waals surface area contributed by atoms with Gasteiger partial charge in [-0.25, -0.2) is 0 Å². The number of aromatic nitrogens is 1. The summed E-state index contributed by atoms with van der Waals surface area (Å²) < 4.78 is 0. The van der Waals surface area contributed by atoms with Gasteiger partial charge in [0.05, 0.1) is 5.71 Å². The van der Waals surface area contributed by atoms with Crippen molar-refractivity contribution in [3.63, 3.8) is 0 Å². The van der Waals surface area contributed by atoms with E-state index in [-0.39, 0.29) is 17.3 Å². The molecule has 1 aliphatic rings. The number of H-pyrrole nitrogens is 1. The minimum atomic E-state index is -0.461. The third kappa shape index (κ3) is 4.75. The van der Waals surface area contributed by atoms with E-state index in [9.17, 15) is 14.4 Å². The predicted octanol–water partition coefficient (Wildman–Crippen LogP) is 1.14. The van der Waals surface area contributed by atoms with E-state index in [1.54, 1.807) is 19.1 Å². The zero-order chi connectivity index (χ0) is 21.7. The highest BCUT2D eigenvalue weighted by molar-refractivity contribution is 6.08. The number of benzene rings is 1. The molecule has 1 aliphatic heterocycles. The Labute approximate surface area is 173 Å². The first-order valence-corrected chi connectivity index (χ1v) is 9.51. The molecule has 3 rings (SSSR count). The molecule has 2 amide bonds. The van der Waals surface area contributed by atoms with E-state index in [1.807, 2.05) is 17.0 Å². The molecular formula is C21H24N6O3. The predicted molar refractivity (Wildman–Crippen MR) is 116 cm³/mol. The van der Waals surface area contributed by atoms with Crippen molar-refractivity contribution < 1.29 is 9.59 Å². The molecule has 0 spiro atoms. The van der Waals surface area contributed by atoms with Gasteiger partial charge in [-0.15, -0.1) is 0 Å². The zero-order valence-electron chi connectivity index (χ0n) is 16.6. The summed E-state index contributed by atoms with van der Waals surface area (Å²) in [4.78, 5) is 42.5. The van der Waals surface area contributed by atoms with E-state index < -0.39 is 11.5 Å². The summed E-state index contributed by atoms with van der Waals surface area (Å²) >= 11 is 0. The SMILES string of the molecule is CC(=O)N1CCN(c2ccc(C(=O)Nc3cc(C(=N)/C=C\N)c[nH]c3=O)cc2)CC1. The van der Waals surface area contributed by atoms with Crippen LogP contribution in [0.2, 0.25) is 0 Å². The number of nitrogens with zero attached hydrogens (tertiary/aromatic N) is 2. The molecule has 2 heterocycles. The summed E-state index contributed by atoms with van der Waals surface area (Å²) in [6.45, 7) is 4.38. The van der Waals surface area contributed by atoms with Crippen molar-refractivity contribution >= 4 is 28.9 Å². The van der Waals surface area contributed by atoms with Crippen LogP contribution < -0.4 is 21.5 Å². The fourth-order valence-corrected chi connectivity index (χ4v) is 3.22. The zero-order valence-corrected chi connectivity index (χ0v) is 16.6. The standard InChI is InChI=1S/C21H24N6O3/c1-14(28)26-8-10-27(11-9-26)17-4-2-15(3-5-17)20(29)25-19-12-16(13-24-21(19)30)18(23)6-7-22/h2-7,12-13,23H,8-11,22H2,1H3,(H,24,30)(H,25,29)/b7-6-,23-18?. The van der Waals surface area contributed by atoms with Gasteiger partial charge < -0.3 is 31.2 Å². The summed E-state index contributed by atoms with van der Waals surface area (Å²) in [7, 11) is 0. The maximum absolute atomic E-state index is 12.6. The monoisotopic (exact) mass is 408 g/mol. The van der Waals surface area contributed by atoms with E-state index in [1.165, 1.54) is 24.5 Å². The summed E-state index contributed by atoms with van der Waals surface area (Å²) in [5.41, 5.74) is 6.79. The van der Waals surface area contributed by atoms with Crippen molar-refractivity contribution in [2.24, 2.45) is 5.73 Å². The molecular weight excluding hydrogens is 384 g/mol. The van der Waals surface area contributed by atoms with Crippen LogP contribution in [-0.4, -0.2) is 53.6 Å². The van der Waals surface area contributed by atoms with Gasteiger partial charge in [0.15, 0.2) is 0 Å². The first-order chi connectivity index (χ1) is 14.4. The summed E-state index contributed by atoms with van der Waals surface area (Å²) in [5.74, 6) is -0.346. The molecule has 0 radical (unpaired) electrons. The Bertz CT molecular complexity index is 1030. The van der Waals surface area contributed by atoms with E-state index >= 15 is 0 Å². The van der Waals surface area contributed by atoms with Crippen molar-refractivity contribution in [1.82, 2.24) is 9.88 Å². The summed E-state index contributed by atoms with van der Waals surface area (Å²) in [6, 6.07) is 8.52. The number of pyridine rings is 1. The molecule has 1 fully saturated rings. The molecule has 1 aromatic heterocycles. The number of carbonyl (C=O) groups excluding carboxylic acids is 2. The number of amides is 2. The second-order valence-corrected chi connectivity index (χ2v) is 6.90. The molecule has 9 heteroatoms. The van der Waals surface area contributed by atoms with Crippen molar-refractivity contribution in [1.29, 1.82) is 5.41 Å². The van der Waals surface area contributed by atoms with Crippen LogP contribution in [0.3, 0.4) is 0 Å². The van der Waals surface area contributed by atoms with Crippen molar-refractivity contribution in [2.75, 3.05) is 36.4 Å². The fourth-order valence-electron chi connectivity index (χ4n) is 3.22. The van der Waals surface area contributed by atoms with Gasteiger partial charge in [-0.05, 0) is 42.6 Å². The smallest absolute Gasteiger partial charge is 0.271 e. The Morgan fingerprint density at radius 3 is 2.40 bits per heavy atom. The second kappa shape index (κ2) is 9.08. The van der Waals surface area contributed by atoms with Gasteiger partial charge in [-0.3, -0.25) is 14.4 Å². The van der Waals surface area contributed by atoms with Crippen molar-refractivity contribution in [3.8, 4) is 0 Å². The molecule has 0 unspecified atom stereocenters. The van der Waals surface area contributed by atoms with Gasteiger partial charge in [0.1, 0.15) is 5.69 Å². The van der Waals surface area contributed by atoms with Gasteiger partial charge in [0, 0.05) is 56.1 Å². The lowest BCUT2D eigenvalue weighted by Crippen LogP contribution is -2.48. The first kappa shape index (κ1) is 20.8. The highest BCUT2D eigenvalue weighted by Gasteiger charge is 2.19. The molecule has 1 saturated heterocycles. The molecule has 30 heavy (non-hydrogen) atoms. The van der Waals surface area contributed by atoms with Crippen LogP contribution in [0.5, 0.6) is 0 Å². The number of nitrogens with two attached hydrogens (primary N) is 1. The van der Waals surface area contributed by atoms with Crippen LogP contribution in [0.25, 0.3) is 0 Å². The average molecular weight is 408 g/mol. The maximum atomic E-state index is 12.6. The van der Waals surface area contributed by atoms with Crippen LogP contribution in [0.4, 0.5) is 11.4 Å². The lowest BCUT2D eigenvalue weighted by atomic mass is 10.1. The Hall–Kier alpha value is -3.88. The topological polar surface area (TPSA) is 135 Å². The highest BCUT2D eigenvalue weighted by atomic mass is 16.2. The molecule has 156 valence electrons. The number of piperazine rings is 1. The Balaban J connectivity index is 1.68. The Kier molecular flexibility index (Phi) is 6.31. The average Bonchev–Trinajstić information content (AvgIpc) is 2.75. The first-order valence-electron chi connectivity index (χ1n) is 9.51. The third-order valence-corrected chi connectivity index (χ3v) is 4.94. The summed E-state index contributed by atoms with van der Waals surface area (Å²) in [6.07, 6.45) is 4.00. The van der Waals surface area contributed by atoms with Gasteiger partial charge in [-0.1, -0.05) is 0 Å². The number of hydrogen-bond acceptors (Lipinski definition) is 6. The van der Waals surface area contributed by atoms with Gasteiger partial charge >= 0.3 is 0 Å². The van der Waals surface area contributed by atoms with Crippen molar-refractivity contribution in [3.05, 3.63) is 70.3 Å². The van der Waals surface area contributed by atoms with Gasteiger partial charge in [0.2, 0.25) is 5.91 Å². The maximum Gasteiger partial charge on any atom is 0.271 e. The molecule has 5 N–H and O–H groups in total. The molecule has 9 nitrogen and oxygen atoms in total. The van der Waals surface area contributed by atoms with E-state index in [2.05, 4.69) is 15.2 Å². The Morgan fingerprint density at radius 2 is 1.80 bits per heavy atom. The van der Waals surface area contributed by atoms with E-state index in [4.69, 9.17) is 11.1 Å². The number of nitrogens with one attached hydrogen (secondary N) is 3. The Morgan fingerprint density at radius 1 is 1.13 bits per heavy atom. The molecule has 0 bridgehead atoms. The minimum absolute atomic E-state index is 0.0529. The minimum Gasteiger partial charge on any atom is -0.405 e. The number of anilines is 2. The summed E-state index contributed by atoms with van der Waals surface area (Å²) in [5, 5.41) is 10.5. The second-order valence-electron chi connectivity index (χ2n) is 6.90. The number of allylic oxidation sites excluding steroid dienone is 1. The van der Waals surface area contributed by atoms with Crippen LogP contribution in [0.15, 0.2) is 53.6 Å². The van der Waals surface area contributed by atoms with E-state index in [0.717, 1.165) is 18.8 Å². The van der Waals surface area contributed by atoms with Crippen LogP contribution >= 0.6 is 0 Å². The number of aromatic amines is 1. The lowest BCUT2D eigenvalue weighted by Gasteiger charge is -2.35. The lowest BCUT2D eigenvalue weighted by molar-refractivity contribution is -0.129. The van der Waals surface area contributed by atoms with Gasteiger partial charge in [0.25, 0.3) is 11.5 Å². The molecule has 0 saturated carbocycles. The van der Waals surface area contributed by atoms with Crippen molar-refractivity contribution in [2.45, 2.75) is 6.92 Å². The van der Waals surface area contributed by atoms with Crippen LogP contribution in [0.1, 0.15) is 22.8 Å². The number of rotatable bonds is 5. The largest absolute Gasteiger partial charge is 0.405 e. The number of carbonyl (C=O) groups is 2.